The van der Waals surface area contributed by atoms with Crippen molar-refractivity contribution in [3.8, 4) is 11.5 Å². The predicted molar refractivity (Wildman–Crippen MR) is 132 cm³/mol. The summed E-state index contributed by atoms with van der Waals surface area (Å²) in [4.78, 5) is 76.3. The van der Waals surface area contributed by atoms with Gasteiger partial charge in [-0.05, 0) is 17.7 Å². The number of rotatable bonds is 9. The summed E-state index contributed by atoms with van der Waals surface area (Å²) in [5.41, 5.74) is -3.41. The number of carbonyl (C=O) groups is 5. The average molecular weight is 557 g/mol. The molecular formula is C25H23N3O12. The smallest absolute Gasteiger partial charge is 0.341 e. The monoisotopic (exact) mass is 557 g/mol. The van der Waals surface area contributed by atoms with E-state index < -0.39 is 70.2 Å². The molecule has 0 bridgehead atoms. The van der Waals surface area contributed by atoms with Gasteiger partial charge >= 0.3 is 17.9 Å². The molecule has 2 aromatic rings. The van der Waals surface area contributed by atoms with Crippen molar-refractivity contribution in [1.82, 2.24) is 5.32 Å². The highest BCUT2D eigenvalue weighted by molar-refractivity contribution is 6.24. The quantitative estimate of drug-likeness (QED) is 0.171. The number of carboxylic acid groups (broad SMARTS) is 2. The van der Waals surface area contributed by atoms with Gasteiger partial charge in [0.15, 0.2) is 0 Å². The predicted octanol–water partition coefficient (Wildman–Crippen LogP) is 1.15. The number of non-ortho nitro benzene ring substituents is 1. The zero-order valence-electron chi connectivity index (χ0n) is 21.3. The molecule has 0 aromatic heterocycles. The minimum atomic E-state index is -2.51. The summed E-state index contributed by atoms with van der Waals surface area (Å²) in [6, 6.07) is 5.82. The Kier molecular flexibility index (Phi) is 7.17. The van der Waals surface area contributed by atoms with Gasteiger partial charge in [-0.2, -0.15) is 0 Å². The van der Waals surface area contributed by atoms with Gasteiger partial charge in [0, 0.05) is 24.2 Å². The number of anilines is 1. The van der Waals surface area contributed by atoms with Crippen LogP contribution in [0.25, 0.3) is 0 Å². The molecule has 4 unspecified atom stereocenters. The minimum absolute atomic E-state index is 0.0476. The number of nitro groups is 1. The van der Waals surface area contributed by atoms with Crippen molar-refractivity contribution in [2.75, 3.05) is 26.2 Å². The van der Waals surface area contributed by atoms with Crippen molar-refractivity contribution in [2.45, 2.75) is 18.0 Å². The molecule has 40 heavy (non-hydrogen) atoms. The van der Waals surface area contributed by atoms with Crippen LogP contribution in [0.3, 0.4) is 0 Å². The van der Waals surface area contributed by atoms with Crippen LogP contribution in [0, 0.1) is 22.0 Å². The third kappa shape index (κ3) is 4.25. The third-order valence-electron chi connectivity index (χ3n) is 7.05. The highest BCUT2D eigenvalue weighted by Crippen LogP contribution is 2.52. The number of aliphatic carboxylic acids is 2. The Morgan fingerprint density at radius 3 is 2.33 bits per heavy atom. The Morgan fingerprint density at radius 1 is 1.07 bits per heavy atom. The SMILES string of the molecule is COC(=O)c1c(OC)cc(OC)cc1C1NC(CC(=O)O)(C(=O)O)C2C(=O)N(c3cccc([N+](=O)[O-])c3)C(=O)C12. The first-order chi connectivity index (χ1) is 18.9. The van der Waals surface area contributed by atoms with Crippen LogP contribution in [0.1, 0.15) is 28.4 Å². The molecule has 2 aromatic carbocycles. The molecule has 4 rings (SSSR count). The number of imide groups is 1. The lowest BCUT2D eigenvalue weighted by Crippen LogP contribution is -2.57. The summed E-state index contributed by atoms with van der Waals surface area (Å²) >= 11 is 0. The van der Waals surface area contributed by atoms with Crippen molar-refractivity contribution < 1.29 is 53.3 Å². The van der Waals surface area contributed by atoms with Crippen molar-refractivity contribution in [3.63, 3.8) is 0 Å². The first-order valence-electron chi connectivity index (χ1n) is 11.6. The first-order valence-corrected chi connectivity index (χ1v) is 11.6. The van der Waals surface area contributed by atoms with Gasteiger partial charge in [-0.15, -0.1) is 0 Å². The number of amides is 2. The number of nitrogens with one attached hydrogen (secondary N) is 1. The van der Waals surface area contributed by atoms with Crippen LogP contribution in [-0.4, -0.2) is 71.7 Å². The number of hydrogen-bond acceptors (Lipinski definition) is 11. The molecule has 3 N–H and O–H groups in total. The highest BCUT2D eigenvalue weighted by Gasteiger charge is 2.69. The standard InChI is InChI=1S/C25H23N3O12/c1-38-13-8-14(17(23(33)40-3)15(9-13)39-2)20-18-19(25(26-20,24(34)35)10-16(29)30)22(32)27(21(18)31)11-5-4-6-12(7-11)28(36)37/h4-9,18-20,26H,10H2,1-3H3,(H,29,30)(H,34,35). The van der Waals surface area contributed by atoms with Gasteiger partial charge < -0.3 is 24.4 Å². The second-order valence-electron chi connectivity index (χ2n) is 9.05. The normalized spacial score (nSPS) is 23.5. The lowest BCUT2D eigenvalue weighted by Gasteiger charge is -2.30. The van der Waals surface area contributed by atoms with Crippen molar-refractivity contribution in [3.05, 3.63) is 57.6 Å². The molecule has 2 fully saturated rings. The van der Waals surface area contributed by atoms with Crippen molar-refractivity contribution in [1.29, 1.82) is 0 Å². The van der Waals surface area contributed by atoms with Gasteiger partial charge in [0.25, 0.3) is 5.69 Å². The first kappa shape index (κ1) is 28.0. The highest BCUT2D eigenvalue weighted by atomic mass is 16.6. The third-order valence-corrected chi connectivity index (χ3v) is 7.05. The Hall–Kier alpha value is -5.05. The van der Waals surface area contributed by atoms with Crippen LogP contribution in [-0.2, 0) is 23.9 Å². The van der Waals surface area contributed by atoms with E-state index in [0.29, 0.717) is 4.90 Å². The van der Waals surface area contributed by atoms with Gasteiger partial charge in [-0.1, -0.05) is 6.07 Å². The Bertz CT molecular complexity index is 1460. The van der Waals surface area contributed by atoms with Crippen LogP contribution in [0.15, 0.2) is 36.4 Å². The average Bonchev–Trinajstić information content (AvgIpc) is 3.40. The molecule has 15 nitrogen and oxygen atoms in total. The Morgan fingerprint density at radius 2 is 1.77 bits per heavy atom. The maximum absolute atomic E-state index is 13.9. The van der Waals surface area contributed by atoms with E-state index in [9.17, 15) is 44.3 Å². The molecule has 15 heteroatoms. The number of hydrogen-bond donors (Lipinski definition) is 3. The van der Waals surface area contributed by atoms with Crippen molar-refractivity contribution in [2.24, 2.45) is 11.8 Å². The van der Waals surface area contributed by atoms with E-state index in [-0.39, 0.29) is 28.3 Å². The fraction of sp³-hybridized carbons (Fsp3) is 0.320. The number of nitrogens with zero attached hydrogens (tertiary/aromatic N) is 2. The molecular weight excluding hydrogens is 534 g/mol. The number of esters is 1. The van der Waals surface area contributed by atoms with Gasteiger partial charge in [0.05, 0.1) is 50.2 Å². The number of nitro benzene ring substituents is 1. The fourth-order valence-corrected chi connectivity index (χ4v) is 5.40. The maximum Gasteiger partial charge on any atom is 0.341 e. The lowest BCUT2D eigenvalue weighted by atomic mass is 9.77. The van der Waals surface area contributed by atoms with Crippen molar-refractivity contribution >= 4 is 41.1 Å². The molecule has 2 aliphatic rings. The van der Waals surface area contributed by atoms with Gasteiger partial charge in [-0.3, -0.25) is 34.6 Å². The number of carboxylic acids is 2. The topological polar surface area (TPSA) is 212 Å². The molecule has 0 saturated carbocycles. The lowest BCUT2D eigenvalue weighted by molar-refractivity contribution is -0.384. The van der Waals surface area contributed by atoms with E-state index in [4.69, 9.17) is 14.2 Å². The molecule has 210 valence electrons. The van der Waals surface area contributed by atoms with Gasteiger partial charge in [0.1, 0.15) is 22.6 Å². The molecule has 0 aliphatic carbocycles. The summed E-state index contributed by atoms with van der Waals surface area (Å²) in [6.07, 6.45) is -1.11. The van der Waals surface area contributed by atoms with Crippen LogP contribution in [0.5, 0.6) is 11.5 Å². The van der Waals surface area contributed by atoms with E-state index in [1.807, 2.05) is 0 Å². The summed E-state index contributed by atoms with van der Waals surface area (Å²) in [6.45, 7) is 0. The number of carbonyl (C=O) groups excluding carboxylic acids is 3. The van der Waals surface area contributed by atoms with E-state index >= 15 is 0 Å². The molecule has 2 amide bonds. The molecule has 2 saturated heterocycles. The summed E-state index contributed by atoms with van der Waals surface area (Å²) in [5, 5.41) is 33.9. The zero-order chi connectivity index (χ0) is 29.5. The van der Waals surface area contributed by atoms with Crippen LogP contribution in [0.4, 0.5) is 11.4 Å². The van der Waals surface area contributed by atoms with E-state index in [2.05, 4.69) is 5.32 Å². The van der Waals surface area contributed by atoms with Gasteiger partial charge in [-0.25, -0.2) is 9.69 Å². The maximum atomic E-state index is 13.9. The number of ether oxygens (including phenoxy) is 3. The number of fused-ring (bicyclic) bond motifs is 1. The fourth-order valence-electron chi connectivity index (χ4n) is 5.40. The Labute approximate surface area is 225 Å². The zero-order valence-corrected chi connectivity index (χ0v) is 21.3. The van der Waals surface area contributed by atoms with Gasteiger partial charge in [0.2, 0.25) is 11.8 Å². The summed E-state index contributed by atoms with van der Waals surface area (Å²) < 4.78 is 15.5. The second-order valence-corrected chi connectivity index (χ2v) is 9.05. The van der Waals surface area contributed by atoms with E-state index in [1.54, 1.807) is 0 Å². The molecule has 0 radical (unpaired) electrons. The molecule has 2 heterocycles. The largest absolute Gasteiger partial charge is 0.497 e. The molecule has 2 aliphatic heterocycles. The summed E-state index contributed by atoms with van der Waals surface area (Å²) in [5.74, 6) is -9.53. The number of benzene rings is 2. The minimum Gasteiger partial charge on any atom is -0.497 e. The van der Waals surface area contributed by atoms with Crippen LogP contribution >= 0.6 is 0 Å². The van der Waals surface area contributed by atoms with E-state index in [0.717, 1.165) is 19.2 Å². The van der Waals surface area contributed by atoms with Crippen LogP contribution < -0.4 is 19.7 Å². The van der Waals surface area contributed by atoms with E-state index in [1.165, 1.54) is 38.5 Å². The van der Waals surface area contributed by atoms with Crippen LogP contribution in [0.2, 0.25) is 0 Å². The molecule has 0 spiro atoms. The number of methoxy groups -OCH3 is 3. The Balaban J connectivity index is 1.99. The summed E-state index contributed by atoms with van der Waals surface area (Å²) in [7, 11) is 3.64. The molecule has 4 atom stereocenters. The second kappa shape index (κ2) is 10.3.